The lowest BCUT2D eigenvalue weighted by atomic mass is 10.0. The number of morpholine rings is 1. The number of nitriles is 1. The normalized spacial score (nSPS) is 21.4. The summed E-state index contributed by atoms with van der Waals surface area (Å²) in [5.74, 6) is -0.541. The van der Waals surface area contributed by atoms with Crippen LogP contribution < -0.4 is 10.5 Å². The number of carbonyl (C=O) groups excluding carboxylic acids is 1. The molecule has 2 aliphatic rings. The first-order valence-electron chi connectivity index (χ1n) is 12.1. The van der Waals surface area contributed by atoms with E-state index in [9.17, 15) is 19.6 Å². The first kappa shape index (κ1) is 27.9. The third-order valence-electron chi connectivity index (χ3n) is 6.22. The van der Waals surface area contributed by atoms with Crippen LogP contribution in [0.1, 0.15) is 63.1 Å². The maximum Gasteiger partial charge on any atom is 0.303 e. The highest BCUT2D eigenvalue weighted by molar-refractivity contribution is 8.26. The van der Waals surface area contributed by atoms with Crippen LogP contribution in [0.2, 0.25) is 0 Å². The molecule has 0 radical (unpaired) electrons. The molecule has 3 heterocycles. The summed E-state index contributed by atoms with van der Waals surface area (Å²) >= 11 is 6.56. The van der Waals surface area contributed by atoms with Gasteiger partial charge >= 0.3 is 5.97 Å². The number of aromatic nitrogens is 1. The fourth-order valence-corrected chi connectivity index (χ4v) is 5.86. The van der Waals surface area contributed by atoms with Crippen LogP contribution >= 0.6 is 24.0 Å². The first-order valence-corrected chi connectivity index (χ1v) is 13.4. The van der Waals surface area contributed by atoms with Crippen LogP contribution in [0.3, 0.4) is 0 Å². The van der Waals surface area contributed by atoms with E-state index >= 15 is 0 Å². The molecule has 2 aliphatic heterocycles. The number of hydrogen-bond acceptors (Lipinski definition) is 8. The molecule has 2 unspecified atom stereocenters. The lowest BCUT2D eigenvalue weighted by molar-refractivity contribution is -0.137. The van der Waals surface area contributed by atoms with Crippen molar-refractivity contribution in [3.63, 3.8) is 0 Å². The number of hydrogen-bond donors (Lipinski definition) is 1. The second-order valence-corrected chi connectivity index (χ2v) is 10.8. The summed E-state index contributed by atoms with van der Waals surface area (Å²) in [5.41, 5.74) is 0.902. The molecule has 0 aliphatic carbocycles. The molecular formula is C25H32N4O5S2. The van der Waals surface area contributed by atoms with Crippen molar-refractivity contribution in [1.29, 1.82) is 5.26 Å². The van der Waals surface area contributed by atoms with Gasteiger partial charge in [-0.05, 0) is 45.3 Å². The molecule has 1 aromatic heterocycles. The van der Waals surface area contributed by atoms with Crippen LogP contribution in [-0.2, 0) is 20.9 Å². The van der Waals surface area contributed by atoms with E-state index in [1.54, 1.807) is 17.6 Å². The van der Waals surface area contributed by atoms with Crippen molar-refractivity contribution in [3.05, 3.63) is 31.9 Å². The summed E-state index contributed by atoms with van der Waals surface area (Å²) in [4.78, 5) is 41.4. The Morgan fingerprint density at radius 2 is 1.92 bits per heavy atom. The van der Waals surface area contributed by atoms with Crippen molar-refractivity contribution in [3.8, 4) is 6.07 Å². The van der Waals surface area contributed by atoms with Gasteiger partial charge < -0.3 is 14.7 Å². The van der Waals surface area contributed by atoms with Crippen LogP contribution in [0.15, 0.2) is 9.70 Å². The number of carbonyl (C=O) groups is 2. The number of unbranched alkanes of at least 4 members (excludes halogenated alkanes) is 1. The third-order valence-corrected chi connectivity index (χ3v) is 7.60. The Hall–Kier alpha value is -2.68. The number of carboxylic acid groups (broad SMARTS) is 1. The predicted octanol–water partition coefficient (Wildman–Crippen LogP) is 3.51. The van der Waals surface area contributed by atoms with E-state index in [0.29, 0.717) is 52.2 Å². The number of anilines is 1. The Morgan fingerprint density at radius 3 is 2.50 bits per heavy atom. The molecule has 2 saturated heterocycles. The van der Waals surface area contributed by atoms with Crippen molar-refractivity contribution in [2.75, 3.05) is 24.5 Å². The largest absolute Gasteiger partial charge is 0.481 e. The minimum atomic E-state index is -0.927. The van der Waals surface area contributed by atoms with E-state index in [1.807, 2.05) is 20.8 Å². The number of thioether (sulfide) groups is 1. The van der Waals surface area contributed by atoms with Gasteiger partial charge in [0.1, 0.15) is 21.8 Å². The molecule has 0 bridgehead atoms. The lowest BCUT2D eigenvalue weighted by Crippen LogP contribution is -2.48. The molecule has 3 rings (SSSR count). The highest BCUT2D eigenvalue weighted by Gasteiger charge is 2.34. The summed E-state index contributed by atoms with van der Waals surface area (Å²) in [7, 11) is 0. The van der Waals surface area contributed by atoms with E-state index in [1.165, 1.54) is 4.90 Å². The second-order valence-electron chi connectivity index (χ2n) is 9.15. The average molecular weight is 533 g/mol. The second kappa shape index (κ2) is 12.0. The molecule has 0 aromatic carbocycles. The molecular weight excluding hydrogens is 500 g/mol. The zero-order valence-corrected chi connectivity index (χ0v) is 22.7. The van der Waals surface area contributed by atoms with E-state index in [-0.39, 0.29) is 42.2 Å². The van der Waals surface area contributed by atoms with Gasteiger partial charge in [0.05, 0.1) is 17.1 Å². The number of thiocarbonyl (C=S) groups is 1. The third kappa shape index (κ3) is 5.99. The molecule has 1 N–H and O–H groups in total. The van der Waals surface area contributed by atoms with Crippen LogP contribution in [-0.4, -0.2) is 62.6 Å². The van der Waals surface area contributed by atoms with Gasteiger partial charge in [-0.3, -0.25) is 23.9 Å². The van der Waals surface area contributed by atoms with Crippen LogP contribution in [0.4, 0.5) is 5.82 Å². The minimum absolute atomic E-state index is 0.0549. The number of pyridine rings is 1. The molecule has 0 saturated carbocycles. The molecule has 2 fully saturated rings. The summed E-state index contributed by atoms with van der Waals surface area (Å²) in [6.07, 6.45) is 3.50. The fraction of sp³-hybridized carbons (Fsp3) is 0.560. The van der Waals surface area contributed by atoms with Crippen molar-refractivity contribution in [1.82, 2.24) is 9.47 Å². The quantitative estimate of drug-likeness (QED) is 0.377. The van der Waals surface area contributed by atoms with Gasteiger partial charge in [0.2, 0.25) is 0 Å². The summed E-state index contributed by atoms with van der Waals surface area (Å²) in [6, 6.07) is 2.07. The van der Waals surface area contributed by atoms with Crippen LogP contribution in [0.25, 0.3) is 6.08 Å². The van der Waals surface area contributed by atoms with E-state index in [2.05, 4.69) is 11.0 Å². The standard InChI is InChI=1S/C25H32N4O5S2/c1-5-6-9-28-22(27-13-15(2)34-16(3)14-27)18(17(4)19(12-26)23(28)32)11-20-24(33)29(25(35)36-20)10-7-8-21(30)31/h11,15-16H,5-10,13-14H2,1-4H3,(H,30,31)/b20-11+. The Kier molecular flexibility index (Phi) is 9.33. The van der Waals surface area contributed by atoms with Gasteiger partial charge in [0.25, 0.3) is 11.5 Å². The van der Waals surface area contributed by atoms with Crippen molar-refractivity contribution >= 4 is 52.1 Å². The Balaban J connectivity index is 2.15. The zero-order chi connectivity index (χ0) is 26.6. The molecule has 2 atom stereocenters. The Morgan fingerprint density at radius 1 is 1.25 bits per heavy atom. The molecule has 1 amide bonds. The van der Waals surface area contributed by atoms with Gasteiger partial charge in [-0.2, -0.15) is 5.26 Å². The lowest BCUT2D eigenvalue weighted by Gasteiger charge is -2.39. The zero-order valence-electron chi connectivity index (χ0n) is 21.1. The SMILES string of the molecule is CCCCn1c(N2CC(C)OC(C)C2)c(/C=C2/SC(=S)N(CCCC(=O)O)C2=O)c(C)c(C#N)c1=O. The summed E-state index contributed by atoms with van der Waals surface area (Å²) in [6.45, 7) is 9.55. The van der Waals surface area contributed by atoms with Crippen molar-refractivity contribution < 1.29 is 19.4 Å². The highest BCUT2D eigenvalue weighted by atomic mass is 32.2. The minimum Gasteiger partial charge on any atom is -0.481 e. The molecule has 36 heavy (non-hydrogen) atoms. The predicted molar refractivity (Wildman–Crippen MR) is 144 cm³/mol. The monoisotopic (exact) mass is 532 g/mol. The smallest absolute Gasteiger partial charge is 0.303 e. The van der Waals surface area contributed by atoms with Gasteiger partial charge in [0, 0.05) is 38.2 Å². The maximum atomic E-state index is 13.4. The fourth-order valence-electron chi connectivity index (χ4n) is 4.57. The van der Waals surface area contributed by atoms with Crippen LogP contribution in [0, 0.1) is 18.3 Å². The van der Waals surface area contributed by atoms with Crippen LogP contribution in [0.5, 0.6) is 0 Å². The number of nitrogens with zero attached hydrogens (tertiary/aromatic N) is 4. The highest BCUT2D eigenvalue weighted by Crippen LogP contribution is 2.36. The van der Waals surface area contributed by atoms with Gasteiger partial charge in [-0.25, -0.2) is 0 Å². The van der Waals surface area contributed by atoms with E-state index in [4.69, 9.17) is 22.1 Å². The molecule has 1 aromatic rings. The number of amides is 1. The molecule has 11 heteroatoms. The number of ether oxygens (including phenoxy) is 1. The summed E-state index contributed by atoms with van der Waals surface area (Å²) in [5, 5.41) is 18.8. The molecule has 194 valence electrons. The Bertz CT molecular complexity index is 1180. The summed E-state index contributed by atoms with van der Waals surface area (Å²) < 4.78 is 7.95. The molecule has 0 spiro atoms. The van der Waals surface area contributed by atoms with E-state index < -0.39 is 5.97 Å². The van der Waals surface area contributed by atoms with Crippen molar-refractivity contribution in [2.24, 2.45) is 0 Å². The maximum absolute atomic E-state index is 13.4. The van der Waals surface area contributed by atoms with Gasteiger partial charge in [0.15, 0.2) is 0 Å². The van der Waals surface area contributed by atoms with Crippen molar-refractivity contribution in [2.45, 2.75) is 72.1 Å². The molecule has 9 nitrogen and oxygen atoms in total. The Labute approximate surface area is 220 Å². The van der Waals surface area contributed by atoms with E-state index in [0.717, 1.165) is 24.6 Å². The van der Waals surface area contributed by atoms with Gasteiger partial charge in [-0.15, -0.1) is 0 Å². The first-order chi connectivity index (χ1) is 17.1. The number of aliphatic carboxylic acids is 1. The topological polar surface area (TPSA) is 116 Å². The average Bonchev–Trinajstić information content (AvgIpc) is 3.06. The number of rotatable bonds is 9. The van der Waals surface area contributed by atoms with Gasteiger partial charge in [-0.1, -0.05) is 37.3 Å². The number of carboxylic acids is 1.